The average Bonchev–Trinajstić information content (AvgIpc) is 2.58. The van der Waals surface area contributed by atoms with Crippen molar-refractivity contribution in [2.24, 2.45) is 0 Å². The van der Waals surface area contributed by atoms with E-state index in [0.717, 1.165) is 44.9 Å². The largest absolute Gasteiger partial charge is 1.00 e. The molecule has 4 nitrogen and oxygen atoms in total. The second-order valence-corrected chi connectivity index (χ2v) is 9.44. The van der Waals surface area contributed by atoms with Gasteiger partial charge < -0.3 is 9.66 Å². The molecule has 27 heavy (non-hydrogen) atoms. The topological polar surface area (TPSA) is 77.4 Å². The maximum absolute atomic E-state index is 11.0. The van der Waals surface area contributed by atoms with Crippen molar-refractivity contribution >= 4 is 10.1 Å². The summed E-state index contributed by atoms with van der Waals surface area (Å²) >= 11 is 0. The summed E-state index contributed by atoms with van der Waals surface area (Å²) in [6, 6.07) is 0. The first-order valence-electron chi connectivity index (χ1n) is 11.0. The van der Waals surface area contributed by atoms with Gasteiger partial charge in [-0.1, -0.05) is 97.3 Å². The van der Waals surface area contributed by atoms with Gasteiger partial charge in [0.25, 0.3) is 0 Å². The van der Waals surface area contributed by atoms with Crippen LogP contribution in [0.4, 0.5) is 0 Å². The molecule has 0 aromatic carbocycles. The second kappa shape index (κ2) is 20.8. The van der Waals surface area contributed by atoms with Gasteiger partial charge in [0.2, 0.25) is 0 Å². The molecule has 0 saturated carbocycles. The van der Waals surface area contributed by atoms with Gasteiger partial charge >= 0.3 is 51.4 Å². The van der Waals surface area contributed by atoms with Crippen LogP contribution in [0.3, 0.4) is 0 Å². The minimum absolute atomic E-state index is 0. The van der Waals surface area contributed by atoms with Crippen LogP contribution in [-0.4, -0.2) is 29.4 Å². The maximum atomic E-state index is 11.0. The van der Waals surface area contributed by atoms with Crippen LogP contribution in [0.5, 0.6) is 0 Å². The van der Waals surface area contributed by atoms with Crippen LogP contribution >= 0.6 is 0 Å². The molecule has 0 heterocycles. The van der Waals surface area contributed by atoms with E-state index >= 15 is 0 Å². The first kappa shape index (κ1) is 30.7. The number of hydrogen-bond donors (Lipinski definition) is 1. The zero-order valence-corrected chi connectivity index (χ0v) is 22.2. The molecule has 0 amide bonds. The summed E-state index contributed by atoms with van der Waals surface area (Å²) < 4.78 is 33.0. The quantitative estimate of drug-likeness (QED) is 0.194. The van der Waals surface area contributed by atoms with Gasteiger partial charge in [0.05, 0.1) is 16.2 Å². The van der Waals surface area contributed by atoms with Crippen molar-refractivity contribution in [3.05, 3.63) is 0 Å². The van der Waals surface area contributed by atoms with Crippen molar-refractivity contribution in [3.63, 3.8) is 0 Å². The van der Waals surface area contributed by atoms with Crippen LogP contribution in [0.1, 0.15) is 123 Å². The van der Waals surface area contributed by atoms with Crippen LogP contribution in [-0.2, 0) is 10.1 Å². The van der Waals surface area contributed by atoms with Crippen LogP contribution in [0.25, 0.3) is 0 Å². The van der Waals surface area contributed by atoms with Crippen LogP contribution in [0, 0.1) is 0 Å². The molecule has 0 saturated heterocycles. The summed E-state index contributed by atoms with van der Waals surface area (Å²) in [6.45, 7) is 3.98. The van der Waals surface area contributed by atoms with Crippen molar-refractivity contribution in [3.8, 4) is 0 Å². The predicted molar refractivity (Wildman–Crippen MR) is 109 cm³/mol. The normalized spacial score (nSPS) is 13.9. The van der Waals surface area contributed by atoms with Gasteiger partial charge in [-0.3, -0.25) is 0 Å². The third-order valence-electron chi connectivity index (χ3n) is 5.32. The van der Waals surface area contributed by atoms with Gasteiger partial charge in [0.15, 0.2) is 0 Å². The number of aliphatic hydroxyl groups is 1. The first-order valence-corrected chi connectivity index (χ1v) is 12.5. The third kappa shape index (κ3) is 20.6. The van der Waals surface area contributed by atoms with E-state index in [9.17, 15) is 18.1 Å². The van der Waals surface area contributed by atoms with E-state index in [1.807, 2.05) is 0 Å². The fourth-order valence-corrected chi connectivity index (χ4v) is 4.36. The van der Waals surface area contributed by atoms with E-state index in [-0.39, 0.29) is 57.5 Å². The first-order chi connectivity index (χ1) is 12.4. The summed E-state index contributed by atoms with van der Waals surface area (Å²) in [5, 5.41) is 9.23. The van der Waals surface area contributed by atoms with E-state index in [1.54, 1.807) is 6.92 Å². The fourth-order valence-electron chi connectivity index (χ4n) is 3.49. The van der Waals surface area contributed by atoms with E-state index < -0.39 is 15.4 Å². The number of rotatable bonds is 19. The molecule has 2 unspecified atom stereocenters. The molecule has 0 rings (SSSR count). The van der Waals surface area contributed by atoms with Crippen molar-refractivity contribution < 1.29 is 69.5 Å². The minimum atomic E-state index is -4.11. The standard InChI is InChI=1S/C21H44O4S.K/c1-3-5-6-14-17-20(22)18-15-12-10-8-7-9-11-13-16-19-21(4-2)26(23,24)25;/h20-22H,3-19H2,1-2H3,(H,23,24,25);/q;+1/p-1. The van der Waals surface area contributed by atoms with Crippen molar-refractivity contribution in [1.82, 2.24) is 0 Å². The van der Waals surface area contributed by atoms with Crippen molar-refractivity contribution in [2.75, 3.05) is 0 Å². The summed E-state index contributed by atoms with van der Waals surface area (Å²) in [4.78, 5) is 0. The summed E-state index contributed by atoms with van der Waals surface area (Å²) in [5.74, 6) is 0. The molecule has 158 valence electrons. The average molecular weight is 431 g/mol. The molecule has 2 atom stereocenters. The Morgan fingerprint density at radius 1 is 0.704 bits per heavy atom. The van der Waals surface area contributed by atoms with Crippen LogP contribution in [0.2, 0.25) is 0 Å². The number of unbranched alkanes of at least 4 members (excludes halogenated alkanes) is 11. The molecule has 0 aliphatic heterocycles. The summed E-state index contributed by atoms with van der Waals surface area (Å²) in [6.07, 6.45) is 18.0. The predicted octanol–water partition coefficient (Wildman–Crippen LogP) is 2.94. The Morgan fingerprint density at radius 3 is 1.44 bits per heavy atom. The van der Waals surface area contributed by atoms with Gasteiger partial charge in [0.1, 0.15) is 0 Å². The Morgan fingerprint density at radius 2 is 1.07 bits per heavy atom. The van der Waals surface area contributed by atoms with Gasteiger partial charge in [-0.05, 0) is 25.7 Å². The fraction of sp³-hybridized carbons (Fsp3) is 1.00. The molecule has 1 N–H and O–H groups in total. The Bertz CT molecular complexity index is 401. The smallest absolute Gasteiger partial charge is 0.748 e. The van der Waals surface area contributed by atoms with Gasteiger partial charge in [-0.15, -0.1) is 0 Å². The van der Waals surface area contributed by atoms with E-state index in [2.05, 4.69) is 6.92 Å². The molecule has 0 bridgehead atoms. The Labute approximate surface area is 211 Å². The molecular weight excluding hydrogens is 387 g/mol. The Balaban J connectivity index is 0. The van der Waals surface area contributed by atoms with Crippen LogP contribution in [0.15, 0.2) is 0 Å². The monoisotopic (exact) mass is 430 g/mol. The molecule has 0 spiro atoms. The number of hydrogen-bond acceptors (Lipinski definition) is 4. The Hall–Kier alpha value is 1.51. The Kier molecular flexibility index (Phi) is 23.6. The van der Waals surface area contributed by atoms with Gasteiger partial charge in [0, 0.05) is 5.25 Å². The maximum Gasteiger partial charge on any atom is 1.00 e. The van der Waals surface area contributed by atoms with Gasteiger partial charge in [-0.25, -0.2) is 8.42 Å². The molecule has 6 heteroatoms. The van der Waals surface area contributed by atoms with E-state index in [4.69, 9.17) is 0 Å². The molecule has 0 aliphatic rings. The summed E-state index contributed by atoms with van der Waals surface area (Å²) in [7, 11) is -4.11. The minimum Gasteiger partial charge on any atom is -0.748 e. The molecule has 0 fully saturated rings. The zero-order valence-electron chi connectivity index (χ0n) is 18.3. The number of aliphatic hydroxyl groups excluding tert-OH is 1. The third-order valence-corrected chi connectivity index (χ3v) is 6.70. The molecule has 0 aromatic rings. The van der Waals surface area contributed by atoms with E-state index in [1.165, 1.54) is 51.4 Å². The van der Waals surface area contributed by atoms with Crippen LogP contribution < -0.4 is 51.4 Å². The second-order valence-electron chi connectivity index (χ2n) is 7.79. The SMILES string of the molecule is CCCCCCC(O)CCCCCCCCCCCC(CC)S(=O)(=O)[O-].[K+]. The molecule has 0 radical (unpaired) electrons. The zero-order chi connectivity index (χ0) is 19.7. The van der Waals surface area contributed by atoms with Crippen molar-refractivity contribution in [2.45, 2.75) is 134 Å². The van der Waals surface area contributed by atoms with Crippen molar-refractivity contribution in [1.29, 1.82) is 0 Å². The van der Waals surface area contributed by atoms with Gasteiger partial charge in [-0.2, -0.15) is 0 Å². The van der Waals surface area contributed by atoms with E-state index in [0.29, 0.717) is 12.8 Å². The molecular formula is C21H43KO4S. The molecule has 0 aliphatic carbocycles. The molecule has 0 aromatic heterocycles. The summed E-state index contributed by atoms with van der Waals surface area (Å²) in [5.41, 5.74) is 0.